The van der Waals surface area contributed by atoms with Gasteiger partial charge in [0.05, 0.1) is 6.61 Å². The number of hydrogen-bond donors (Lipinski definition) is 0. The molecule has 0 radical (unpaired) electrons. The number of ether oxygens (including phenoxy) is 1. The first-order chi connectivity index (χ1) is 13.6. The van der Waals surface area contributed by atoms with Gasteiger partial charge in [-0.2, -0.15) is 0 Å². The molecule has 150 valence electrons. The molecule has 4 heteroatoms. The Morgan fingerprint density at radius 3 is 2.25 bits per heavy atom. The quantitative estimate of drug-likeness (QED) is 0.505. The van der Waals surface area contributed by atoms with Gasteiger partial charge in [0.15, 0.2) is 11.6 Å². The third-order valence-corrected chi connectivity index (χ3v) is 6.46. The van der Waals surface area contributed by atoms with E-state index in [0.29, 0.717) is 36.5 Å². The average molecular weight is 388 g/mol. The molecule has 1 aliphatic heterocycles. The smallest absolute Gasteiger partial charge is 0.162 e. The van der Waals surface area contributed by atoms with E-state index in [-0.39, 0.29) is 17.8 Å². The fraction of sp³-hybridized carbons (Fsp3) is 0.500. The summed E-state index contributed by atoms with van der Waals surface area (Å²) in [5, 5.41) is 0. The monoisotopic (exact) mass is 388 g/mol. The van der Waals surface area contributed by atoms with Crippen molar-refractivity contribution in [1.29, 1.82) is 0 Å². The number of rotatable bonds is 6. The first kappa shape index (κ1) is 19.5. The molecule has 1 nitrogen and oxygen atoms in total. The van der Waals surface area contributed by atoms with E-state index >= 15 is 0 Å². The second kappa shape index (κ2) is 8.28. The predicted molar refractivity (Wildman–Crippen MR) is 104 cm³/mol. The number of benzene rings is 2. The number of epoxide rings is 1. The van der Waals surface area contributed by atoms with Crippen LogP contribution in [0, 0.1) is 23.4 Å². The minimum absolute atomic E-state index is 0.0795. The van der Waals surface area contributed by atoms with Crippen molar-refractivity contribution in [3.05, 3.63) is 70.0 Å². The molecule has 0 N–H and O–H groups in total. The van der Waals surface area contributed by atoms with Crippen LogP contribution in [0.3, 0.4) is 0 Å². The van der Waals surface area contributed by atoms with Gasteiger partial charge in [0.25, 0.3) is 0 Å². The van der Waals surface area contributed by atoms with Crippen LogP contribution in [0.15, 0.2) is 30.3 Å². The molecule has 1 saturated heterocycles. The molecule has 0 spiro atoms. The second-order valence-corrected chi connectivity index (χ2v) is 8.22. The highest BCUT2D eigenvalue weighted by Gasteiger charge is 2.28. The number of hydrogen-bond acceptors (Lipinski definition) is 1. The highest BCUT2D eigenvalue weighted by Crippen LogP contribution is 2.40. The largest absolute Gasteiger partial charge is 0.368 e. The van der Waals surface area contributed by atoms with Crippen LogP contribution in [0.1, 0.15) is 73.3 Å². The van der Waals surface area contributed by atoms with E-state index in [2.05, 4.69) is 0 Å². The second-order valence-electron chi connectivity index (χ2n) is 8.22. The molecule has 2 aliphatic rings. The van der Waals surface area contributed by atoms with E-state index in [9.17, 15) is 13.2 Å². The van der Waals surface area contributed by atoms with Crippen molar-refractivity contribution in [1.82, 2.24) is 0 Å². The molecule has 0 amide bonds. The van der Waals surface area contributed by atoms with Gasteiger partial charge >= 0.3 is 0 Å². The SMILES string of the molecule is CCc1ccc(CCC2CCC(c3ccc(C4CO4)cc3F)CC2)c(F)c1F. The van der Waals surface area contributed by atoms with E-state index in [4.69, 9.17) is 4.74 Å². The first-order valence-corrected chi connectivity index (χ1v) is 10.4. The molecule has 2 aromatic carbocycles. The van der Waals surface area contributed by atoms with Gasteiger partial charge in [-0.3, -0.25) is 0 Å². The van der Waals surface area contributed by atoms with E-state index in [1.165, 1.54) is 0 Å². The van der Waals surface area contributed by atoms with Gasteiger partial charge < -0.3 is 4.74 Å². The highest BCUT2D eigenvalue weighted by molar-refractivity contribution is 5.30. The van der Waals surface area contributed by atoms with Crippen molar-refractivity contribution in [2.75, 3.05) is 6.61 Å². The molecule has 0 bridgehead atoms. The van der Waals surface area contributed by atoms with E-state index in [0.717, 1.165) is 43.2 Å². The first-order valence-electron chi connectivity index (χ1n) is 10.4. The normalized spacial score (nSPS) is 24.4. The molecule has 2 aromatic rings. The van der Waals surface area contributed by atoms with E-state index < -0.39 is 11.6 Å². The molecule has 1 heterocycles. The van der Waals surface area contributed by atoms with Crippen LogP contribution in [0.2, 0.25) is 0 Å². The van der Waals surface area contributed by atoms with E-state index in [1.807, 2.05) is 19.1 Å². The summed E-state index contributed by atoms with van der Waals surface area (Å²) in [6.45, 7) is 2.52. The Bertz CT molecular complexity index is 836. The topological polar surface area (TPSA) is 12.5 Å². The summed E-state index contributed by atoms with van der Waals surface area (Å²) in [7, 11) is 0. The van der Waals surface area contributed by atoms with Crippen LogP contribution >= 0.6 is 0 Å². The lowest BCUT2D eigenvalue weighted by Gasteiger charge is -2.29. The Hall–Kier alpha value is -1.81. The standard InChI is InChI=1S/C24H27F3O/c1-2-16-9-10-18(24(27)23(16)26)8-5-15-3-6-17(7-4-15)20-12-11-19(13-21(20)25)22-14-28-22/h9-13,15,17,22H,2-8,14H2,1H3. The van der Waals surface area contributed by atoms with Crippen molar-refractivity contribution < 1.29 is 17.9 Å². The van der Waals surface area contributed by atoms with Crippen molar-refractivity contribution in [2.45, 2.75) is 63.9 Å². The molecule has 28 heavy (non-hydrogen) atoms. The number of halogens is 3. The van der Waals surface area contributed by atoms with Gasteiger partial charge in [-0.1, -0.05) is 31.2 Å². The van der Waals surface area contributed by atoms with Crippen molar-refractivity contribution in [2.24, 2.45) is 5.92 Å². The molecule has 2 fully saturated rings. The zero-order chi connectivity index (χ0) is 19.7. The third kappa shape index (κ3) is 4.12. The summed E-state index contributed by atoms with van der Waals surface area (Å²) in [6.07, 6.45) is 5.92. The Labute approximate surface area is 164 Å². The summed E-state index contributed by atoms with van der Waals surface area (Å²) in [5.41, 5.74) is 2.65. The average Bonchev–Trinajstić information content (AvgIpc) is 3.55. The maximum Gasteiger partial charge on any atom is 0.162 e. The lowest BCUT2D eigenvalue weighted by atomic mass is 9.76. The molecule has 0 aromatic heterocycles. The van der Waals surface area contributed by atoms with E-state index in [1.54, 1.807) is 18.2 Å². The van der Waals surface area contributed by atoms with Gasteiger partial charge in [0.2, 0.25) is 0 Å². The van der Waals surface area contributed by atoms with Crippen molar-refractivity contribution in [3.63, 3.8) is 0 Å². The van der Waals surface area contributed by atoms with Crippen molar-refractivity contribution in [3.8, 4) is 0 Å². The zero-order valence-corrected chi connectivity index (χ0v) is 16.3. The maximum atomic E-state index is 14.5. The summed E-state index contributed by atoms with van der Waals surface area (Å²) in [5.74, 6) is -0.755. The molecule has 1 saturated carbocycles. The minimum atomic E-state index is -0.695. The van der Waals surface area contributed by atoms with Gasteiger partial charge in [-0.15, -0.1) is 0 Å². The molecule has 1 aliphatic carbocycles. The Morgan fingerprint density at radius 2 is 1.61 bits per heavy atom. The number of aryl methyl sites for hydroxylation is 2. The van der Waals surface area contributed by atoms with Crippen LogP contribution in [0.4, 0.5) is 13.2 Å². The van der Waals surface area contributed by atoms with Gasteiger partial charge in [-0.05, 0) is 85.1 Å². The van der Waals surface area contributed by atoms with Crippen LogP contribution in [-0.4, -0.2) is 6.61 Å². The van der Waals surface area contributed by atoms with Crippen molar-refractivity contribution >= 4 is 0 Å². The molecule has 1 atom stereocenters. The Balaban J connectivity index is 1.32. The third-order valence-electron chi connectivity index (χ3n) is 6.46. The molecule has 1 unspecified atom stereocenters. The van der Waals surface area contributed by atoms with Crippen LogP contribution in [0.25, 0.3) is 0 Å². The fourth-order valence-corrected chi connectivity index (χ4v) is 4.53. The molecule has 4 rings (SSSR count). The lowest BCUT2D eigenvalue weighted by Crippen LogP contribution is -2.15. The minimum Gasteiger partial charge on any atom is -0.368 e. The summed E-state index contributed by atoms with van der Waals surface area (Å²) in [6, 6.07) is 8.95. The maximum absolute atomic E-state index is 14.5. The summed E-state index contributed by atoms with van der Waals surface area (Å²) >= 11 is 0. The van der Waals surface area contributed by atoms with Crippen LogP contribution in [0.5, 0.6) is 0 Å². The molecular formula is C24H27F3O. The van der Waals surface area contributed by atoms with Gasteiger partial charge in [-0.25, -0.2) is 13.2 Å². The van der Waals surface area contributed by atoms with Crippen LogP contribution in [-0.2, 0) is 17.6 Å². The molecular weight excluding hydrogens is 361 g/mol. The summed E-state index contributed by atoms with van der Waals surface area (Å²) < 4.78 is 47.9. The Morgan fingerprint density at radius 1 is 0.929 bits per heavy atom. The fourth-order valence-electron chi connectivity index (χ4n) is 4.53. The lowest BCUT2D eigenvalue weighted by molar-refractivity contribution is 0.305. The predicted octanol–water partition coefficient (Wildman–Crippen LogP) is 6.64. The summed E-state index contributed by atoms with van der Waals surface area (Å²) in [4.78, 5) is 0. The Kier molecular flexibility index (Phi) is 5.77. The van der Waals surface area contributed by atoms with Gasteiger partial charge in [0, 0.05) is 0 Å². The van der Waals surface area contributed by atoms with Gasteiger partial charge in [0.1, 0.15) is 11.9 Å². The zero-order valence-electron chi connectivity index (χ0n) is 16.3. The highest BCUT2D eigenvalue weighted by atomic mass is 19.2. The van der Waals surface area contributed by atoms with Crippen LogP contribution < -0.4 is 0 Å².